The van der Waals surface area contributed by atoms with E-state index >= 15 is 0 Å². The molecule has 1 aromatic heterocycles. The van der Waals surface area contributed by atoms with Crippen molar-refractivity contribution in [2.45, 2.75) is 26.1 Å². The summed E-state index contributed by atoms with van der Waals surface area (Å²) in [5, 5.41) is 17.8. The molecule has 4 N–H and O–H groups in total. The molecule has 220 valence electrons. The molecule has 5 rings (SSSR count). The predicted octanol–water partition coefficient (Wildman–Crippen LogP) is 4.80. The lowest BCUT2D eigenvalue weighted by Gasteiger charge is -2.26. The predicted molar refractivity (Wildman–Crippen MR) is 151 cm³/mol. The van der Waals surface area contributed by atoms with Crippen LogP contribution in [0.4, 0.5) is 28.9 Å². The van der Waals surface area contributed by atoms with Gasteiger partial charge in [0, 0.05) is 58.6 Å². The summed E-state index contributed by atoms with van der Waals surface area (Å²) in [4.78, 5) is 8.16. The minimum Gasteiger partial charge on any atom is -0.494 e. The maximum absolute atomic E-state index is 14.6. The molecule has 0 saturated carbocycles. The van der Waals surface area contributed by atoms with Crippen molar-refractivity contribution in [3.05, 3.63) is 94.5 Å². The van der Waals surface area contributed by atoms with E-state index in [1.165, 1.54) is 12.3 Å². The summed E-state index contributed by atoms with van der Waals surface area (Å²) in [6, 6.07) is 11.4. The molecule has 3 heterocycles. The zero-order chi connectivity index (χ0) is 30.0. The van der Waals surface area contributed by atoms with Gasteiger partial charge >= 0.3 is 0 Å². The van der Waals surface area contributed by atoms with Crippen LogP contribution in [0, 0.1) is 17.0 Å². The first-order valence-corrected chi connectivity index (χ1v) is 14.7. The molecular formula is C28H26F4N6O3S. The molecule has 0 radical (unpaired) electrons. The SMILES string of the molecule is CCOc1cc(F)c(CNc2ccccc2C(=N)C2N=C(Nc3ccnc(C(F)F)c3)C3=C(CS(=O)(=O)C3)N2)c(F)c1. The van der Waals surface area contributed by atoms with Gasteiger partial charge in [0.05, 0.1) is 23.8 Å². The van der Waals surface area contributed by atoms with Crippen LogP contribution in [0.1, 0.15) is 30.2 Å². The number of para-hydroxylation sites is 1. The lowest BCUT2D eigenvalue weighted by molar-refractivity contribution is 0.146. The highest BCUT2D eigenvalue weighted by Crippen LogP contribution is 2.28. The maximum Gasteiger partial charge on any atom is 0.280 e. The number of amidine groups is 1. The second-order valence-electron chi connectivity index (χ2n) is 9.52. The van der Waals surface area contributed by atoms with E-state index in [4.69, 9.17) is 10.1 Å². The summed E-state index contributed by atoms with van der Waals surface area (Å²) >= 11 is 0. The standard InChI is InChI=1S/C28H26F4N6O3S/c1-2-41-16-10-20(29)18(21(30)11-16)12-35-22-6-4-3-5-17(22)25(33)28-37-24-14-42(39,40)13-19(24)27(38-28)36-15-7-8-34-23(9-15)26(31)32/h3-11,26,28,33,35,37H,2,12-14H2,1H3,(H,34,36,38). The fourth-order valence-electron chi connectivity index (χ4n) is 4.64. The molecule has 0 fully saturated rings. The number of benzene rings is 2. The molecule has 1 unspecified atom stereocenters. The van der Waals surface area contributed by atoms with Gasteiger partial charge in [-0.2, -0.15) is 0 Å². The Labute approximate surface area is 239 Å². The third-order valence-corrected chi connectivity index (χ3v) is 8.04. The Morgan fingerprint density at radius 3 is 2.60 bits per heavy atom. The Hall–Kier alpha value is -4.46. The van der Waals surface area contributed by atoms with E-state index < -0.39 is 39.8 Å². The van der Waals surface area contributed by atoms with Crippen LogP contribution in [-0.4, -0.2) is 49.2 Å². The molecule has 3 aromatic rings. The fourth-order valence-corrected chi connectivity index (χ4v) is 6.19. The summed E-state index contributed by atoms with van der Waals surface area (Å²) in [6.45, 7) is 1.72. The van der Waals surface area contributed by atoms with Crippen LogP contribution in [0.25, 0.3) is 0 Å². The number of hydrogen-bond donors (Lipinski definition) is 4. The van der Waals surface area contributed by atoms with Crippen molar-refractivity contribution in [1.82, 2.24) is 10.3 Å². The number of anilines is 2. The minimum absolute atomic E-state index is 0.0658. The second kappa shape index (κ2) is 11.8. The number of sulfone groups is 1. The van der Waals surface area contributed by atoms with E-state index in [0.717, 1.165) is 18.2 Å². The Kier molecular flexibility index (Phi) is 8.16. The molecule has 0 spiro atoms. The van der Waals surface area contributed by atoms with Gasteiger partial charge in [-0.25, -0.2) is 31.0 Å². The maximum atomic E-state index is 14.6. The van der Waals surface area contributed by atoms with E-state index in [2.05, 4.69) is 25.9 Å². The van der Waals surface area contributed by atoms with Gasteiger partial charge in [-0.1, -0.05) is 18.2 Å². The first-order valence-electron chi connectivity index (χ1n) is 12.9. The van der Waals surface area contributed by atoms with Gasteiger partial charge in [0.2, 0.25) is 0 Å². The van der Waals surface area contributed by atoms with Crippen molar-refractivity contribution in [1.29, 1.82) is 5.41 Å². The first kappa shape index (κ1) is 29.0. The van der Waals surface area contributed by atoms with Crippen LogP contribution in [0.15, 0.2) is 71.0 Å². The molecule has 2 aliphatic heterocycles. The molecule has 2 aliphatic rings. The van der Waals surface area contributed by atoms with Crippen LogP contribution in [0.5, 0.6) is 5.75 Å². The zero-order valence-corrected chi connectivity index (χ0v) is 23.0. The summed E-state index contributed by atoms with van der Waals surface area (Å²) in [6.07, 6.45) is -2.67. The Morgan fingerprint density at radius 2 is 1.88 bits per heavy atom. The summed E-state index contributed by atoms with van der Waals surface area (Å²) in [7, 11) is -3.50. The molecule has 42 heavy (non-hydrogen) atoms. The molecule has 0 amide bonds. The summed E-state index contributed by atoms with van der Waals surface area (Å²) in [5.74, 6) is -2.01. The number of nitrogens with one attached hydrogen (secondary N) is 4. The van der Waals surface area contributed by atoms with E-state index in [0.29, 0.717) is 22.5 Å². The lowest BCUT2D eigenvalue weighted by atomic mass is 10.0. The molecule has 9 nitrogen and oxygen atoms in total. The number of aromatic nitrogens is 1. The number of hydrogen-bond acceptors (Lipinski definition) is 9. The molecule has 0 bridgehead atoms. The van der Waals surface area contributed by atoms with Crippen molar-refractivity contribution < 1.29 is 30.7 Å². The molecule has 2 aromatic carbocycles. The number of alkyl halides is 2. The van der Waals surface area contributed by atoms with Gasteiger partial charge in [0.1, 0.15) is 28.9 Å². The van der Waals surface area contributed by atoms with Crippen LogP contribution in [0.3, 0.4) is 0 Å². The third kappa shape index (κ3) is 6.22. The number of halogens is 4. The Bertz CT molecular complexity index is 1690. The smallest absolute Gasteiger partial charge is 0.280 e. The topological polar surface area (TPSA) is 129 Å². The van der Waals surface area contributed by atoms with Gasteiger partial charge < -0.3 is 26.1 Å². The number of pyridine rings is 1. The highest BCUT2D eigenvalue weighted by atomic mass is 32.2. The molecular weight excluding hydrogens is 576 g/mol. The number of ether oxygens (including phenoxy) is 1. The van der Waals surface area contributed by atoms with Gasteiger partial charge in [-0.3, -0.25) is 4.98 Å². The normalized spacial score (nSPS) is 17.4. The highest BCUT2D eigenvalue weighted by molar-refractivity contribution is 7.92. The molecule has 14 heteroatoms. The number of nitrogens with zero attached hydrogens (tertiary/aromatic N) is 2. The van der Waals surface area contributed by atoms with E-state index in [-0.39, 0.29) is 53.2 Å². The van der Waals surface area contributed by atoms with Crippen LogP contribution in [0.2, 0.25) is 0 Å². The van der Waals surface area contributed by atoms with Gasteiger partial charge in [-0.15, -0.1) is 0 Å². The second-order valence-corrected chi connectivity index (χ2v) is 11.6. The Balaban J connectivity index is 1.41. The Morgan fingerprint density at radius 1 is 1.14 bits per heavy atom. The number of rotatable bonds is 9. The van der Waals surface area contributed by atoms with Crippen molar-refractivity contribution in [3.8, 4) is 5.75 Å². The molecule has 0 saturated heterocycles. The van der Waals surface area contributed by atoms with Crippen molar-refractivity contribution >= 4 is 32.8 Å². The van der Waals surface area contributed by atoms with Crippen LogP contribution in [-0.2, 0) is 16.4 Å². The van der Waals surface area contributed by atoms with Gasteiger partial charge in [0.15, 0.2) is 16.0 Å². The number of aliphatic imine (C=N–C) groups is 1. The van der Waals surface area contributed by atoms with Gasteiger partial charge in [-0.05, 0) is 25.1 Å². The van der Waals surface area contributed by atoms with Crippen molar-refractivity contribution in [2.75, 3.05) is 28.7 Å². The molecule has 0 aliphatic carbocycles. The van der Waals surface area contributed by atoms with Crippen molar-refractivity contribution in [2.24, 2.45) is 4.99 Å². The monoisotopic (exact) mass is 602 g/mol. The van der Waals surface area contributed by atoms with Crippen molar-refractivity contribution in [3.63, 3.8) is 0 Å². The van der Waals surface area contributed by atoms with E-state index in [9.17, 15) is 26.0 Å². The zero-order valence-electron chi connectivity index (χ0n) is 22.2. The quantitative estimate of drug-likeness (QED) is 0.205. The van der Waals surface area contributed by atoms with Crippen LogP contribution >= 0.6 is 0 Å². The van der Waals surface area contributed by atoms with Crippen LogP contribution < -0.4 is 20.7 Å². The van der Waals surface area contributed by atoms with Gasteiger partial charge in [0.25, 0.3) is 6.43 Å². The summed E-state index contributed by atoms with van der Waals surface area (Å²) < 4.78 is 85.8. The average molecular weight is 603 g/mol. The van der Waals surface area contributed by atoms with E-state index in [1.54, 1.807) is 31.2 Å². The summed E-state index contributed by atoms with van der Waals surface area (Å²) in [5.41, 5.74) is 0.901. The third-order valence-electron chi connectivity index (χ3n) is 6.59. The fraction of sp³-hybridized carbons (Fsp3) is 0.250. The minimum atomic E-state index is -3.50. The van der Waals surface area contributed by atoms with E-state index in [1.807, 2.05) is 0 Å². The first-order chi connectivity index (χ1) is 20.0. The molecule has 1 atom stereocenters. The highest BCUT2D eigenvalue weighted by Gasteiger charge is 2.36. The largest absolute Gasteiger partial charge is 0.494 e. The lowest BCUT2D eigenvalue weighted by Crippen LogP contribution is -2.41. The average Bonchev–Trinajstić information content (AvgIpc) is 3.27.